The maximum atomic E-state index is 11.7. The van der Waals surface area contributed by atoms with Crippen molar-refractivity contribution in [3.05, 3.63) is 0 Å². The third-order valence-corrected chi connectivity index (χ3v) is 4.52. The Hall–Kier alpha value is 0.0200. The Morgan fingerprint density at radius 1 is 0.688 bits per heavy atom. The van der Waals surface area contributed by atoms with E-state index in [0.29, 0.717) is 0 Å². The van der Waals surface area contributed by atoms with E-state index in [0.717, 1.165) is 25.7 Å². The van der Waals surface area contributed by atoms with Crippen LogP contribution in [0.1, 0.15) is 64.2 Å². The van der Waals surface area contributed by atoms with Gasteiger partial charge in [-0.1, -0.05) is 38.5 Å². The molecule has 2 aliphatic rings. The number of hydrogen-bond donors (Lipinski definition) is 0. The molecule has 0 atom stereocenters. The van der Waals surface area contributed by atoms with E-state index in [4.69, 9.17) is 9.05 Å². The summed E-state index contributed by atoms with van der Waals surface area (Å²) in [5, 5.41) is 0. The van der Waals surface area contributed by atoms with Crippen LogP contribution >= 0.6 is 8.25 Å². The molecule has 16 heavy (non-hydrogen) atoms. The molecule has 0 N–H and O–H groups in total. The van der Waals surface area contributed by atoms with Crippen LogP contribution in [0.25, 0.3) is 0 Å². The van der Waals surface area contributed by atoms with E-state index < -0.39 is 8.25 Å². The molecule has 3 nitrogen and oxygen atoms in total. The highest BCUT2D eigenvalue weighted by molar-refractivity contribution is 7.33. The van der Waals surface area contributed by atoms with Crippen LogP contribution in [0.2, 0.25) is 0 Å². The summed E-state index contributed by atoms with van der Waals surface area (Å²) in [6, 6.07) is 0. The average Bonchev–Trinajstić information content (AvgIpc) is 2.31. The van der Waals surface area contributed by atoms with Gasteiger partial charge in [-0.05, 0) is 25.7 Å². The molecule has 2 aliphatic carbocycles. The van der Waals surface area contributed by atoms with Crippen LogP contribution < -0.4 is 0 Å². The zero-order valence-electron chi connectivity index (χ0n) is 9.90. The van der Waals surface area contributed by atoms with Crippen molar-refractivity contribution in [2.24, 2.45) is 0 Å². The number of rotatable bonds is 4. The first-order valence-electron chi connectivity index (χ1n) is 6.65. The molecule has 2 fully saturated rings. The van der Waals surface area contributed by atoms with E-state index in [1.807, 2.05) is 0 Å². The second kappa shape index (κ2) is 6.68. The molecule has 2 rings (SSSR count). The fourth-order valence-corrected chi connectivity index (χ4v) is 3.57. The minimum absolute atomic E-state index is 0.181. The van der Waals surface area contributed by atoms with Crippen LogP contribution in [0, 0.1) is 0 Å². The Kier molecular flexibility index (Phi) is 5.21. The first-order valence-corrected chi connectivity index (χ1v) is 7.75. The van der Waals surface area contributed by atoms with Gasteiger partial charge >= 0.3 is 8.25 Å². The Labute approximate surface area is 98.8 Å². The van der Waals surface area contributed by atoms with Crippen molar-refractivity contribution in [2.45, 2.75) is 76.4 Å². The average molecular weight is 245 g/mol. The van der Waals surface area contributed by atoms with Gasteiger partial charge in [0.15, 0.2) is 0 Å². The van der Waals surface area contributed by atoms with Gasteiger partial charge in [0.05, 0.1) is 0 Å². The summed E-state index contributed by atoms with van der Waals surface area (Å²) in [5.41, 5.74) is 0. The summed E-state index contributed by atoms with van der Waals surface area (Å²) in [6.07, 6.45) is 12.0. The van der Waals surface area contributed by atoms with E-state index in [9.17, 15) is 4.57 Å². The van der Waals surface area contributed by atoms with Crippen LogP contribution in [0.4, 0.5) is 0 Å². The first kappa shape index (κ1) is 12.5. The fraction of sp³-hybridized carbons (Fsp3) is 1.00. The molecule has 0 bridgehead atoms. The molecule has 0 saturated heterocycles. The molecule has 0 aliphatic heterocycles. The summed E-state index contributed by atoms with van der Waals surface area (Å²) in [6.45, 7) is 0. The van der Waals surface area contributed by atoms with E-state index in [1.54, 1.807) is 0 Å². The largest absolute Gasteiger partial charge is 0.697 e. The van der Waals surface area contributed by atoms with Crippen LogP contribution in [0.5, 0.6) is 0 Å². The Morgan fingerprint density at radius 2 is 1.06 bits per heavy atom. The molecule has 0 heterocycles. The van der Waals surface area contributed by atoms with Crippen LogP contribution in [-0.2, 0) is 13.6 Å². The van der Waals surface area contributed by atoms with Crippen molar-refractivity contribution >= 4 is 8.25 Å². The minimum atomic E-state index is -1.88. The van der Waals surface area contributed by atoms with Gasteiger partial charge in [-0.2, -0.15) is 0 Å². The highest BCUT2D eigenvalue weighted by atomic mass is 31.1. The van der Waals surface area contributed by atoms with Crippen LogP contribution in [0.15, 0.2) is 0 Å². The summed E-state index contributed by atoms with van der Waals surface area (Å²) in [7, 11) is -1.88. The Bertz CT molecular complexity index is 198. The topological polar surface area (TPSA) is 35.5 Å². The summed E-state index contributed by atoms with van der Waals surface area (Å²) >= 11 is 0. The predicted molar refractivity (Wildman–Crippen MR) is 63.5 cm³/mol. The third-order valence-electron chi connectivity index (χ3n) is 3.57. The quantitative estimate of drug-likeness (QED) is 0.691. The fourth-order valence-electron chi connectivity index (χ4n) is 2.61. The zero-order chi connectivity index (χ0) is 11.2. The van der Waals surface area contributed by atoms with Crippen LogP contribution in [0.3, 0.4) is 0 Å². The lowest BCUT2D eigenvalue weighted by Gasteiger charge is -2.18. The molecule has 0 amide bonds. The SMILES string of the molecule is O=[P+](OC1CCCCC1)OC1CCCCC1. The monoisotopic (exact) mass is 245 g/mol. The third kappa shape index (κ3) is 4.12. The minimum Gasteiger partial charge on any atom is -0.116 e. The van der Waals surface area contributed by atoms with Crippen molar-refractivity contribution in [3.8, 4) is 0 Å². The lowest BCUT2D eigenvalue weighted by atomic mass is 9.98. The van der Waals surface area contributed by atoms with Crippen molar-refractivity contribution in [1.29, 1.82) is 0 Å². The molecular weight excluding hydrogens is 223 g/mol. The van der Waals surface area contributed by atoms with Gasteiger partial charge in [0.25, 0.3) is 0 Å². The van der Waals surface area contributed by atoms with E-state index in [-0.39, 0.29) is 12.2 Å². The van der Waals surface area contributed by atoms with Gasteiger partial charge in [-0.3, -0.25) is 0 Å². The van der Waals surface area contributed by atoms with Crippen molar-refractivity contribution in [3.63, 3.8) is 0 Å². The van der Waals surface area contributed by atoms with E-state index >= 15 is 0 Å². The molecular formula is C12H22O3P+. The second-order valence-electron chi connectivity index (χ2n) is 4.95. The molecule has 0 spiro atoms. The molecule has 92 valence electrons. The zero-order valence-corrected chi connectivity index (χ0v) is 10.8. The Morgan fingerprint density at radius 3 is 1.44 bits per heavy atom. The predicted octanol–water partition coefficient (Wildman–Crippen LogP) is 4.34. The van der Waals surface area contributed by atoms with Gasteiger partial charge in [-0.15, -0.1) is 9.05 Å². The molecule has 0 aromatic rings. The molecule has 0 unspecified atom stereocenters. The lowest BCUT2D eigenvalue weighted by Crippen LogP contribution is -2.16. The van der Waals surface area contributed by atoms with Gasteiger partial charge in [0.1, 0.15) is 12.2 Å². The van der Waals surface area contributed by atoms with Gasteiger partial charge < -0.3 is 0 Å². The molecule has 0 aromatic heterocycles. The summed E-state index contributed by atoms with van der Waals surface area (Å²) in [5.74, 6) is 0. The summed E-state index contributed by atoms with van der Waals surface area (Å²) < 4.78 is 22.6. The smallest absolute Gasteiger partial charge is 0.116 e. The number of hydrogen-bond acceptors (Lipinski definition) is 3. The first-order chi connectivity index (χ1) is 7.84. The Balaban J connectivity index is 1.66. The molecule has 0 aromatic carbocycles. The van der Waals surface area contributed by atoms with Crippen molar-refractivity contribution < 1.29 is 13.6 Å². The van der Waals surface area contributed by atoms with Gasteiger partial charge in [-0.25, -0.2) is 0 Å². The van der Waals surface area contributed by atoms with Crippen LogP contribution in [-0.4, -0.2) is 12.2 Å². The molecule has 0 radical (unpaired) electrons. The van der Waals surface area contributed by atoms with Gasteiger partial charge in [0.2, 0.25) is 0 Å². The highest BCUT2D eigenvalue weighted by Gasteiger charge is 2.32. The van der Waals surface area contributed by atoms with Crippen molar-refractivity contribution in [2.75, 3.05) is 0 Å². The molecule has 4 heteroatoms. The van der Waals surface area contributed by atoms with E-state index in [2.05, 4.69) is 0 Å². The summed E-state index contributed by atoms with van der Waals surface area (Å²) in [4.78, 5) is 0. The maximum absolute atomic E-state index is 11.7. The maximum Gasteiger partial charge on any atom is 0.697 e. The standard InChI is InChI=1S/C12H22O3P/c13-16(14-11-7-3-1-4-8-11)15-12-9-5-2-6-10-12/h11-12H,1-10H2/q+1. The molecule has 2 saturated carbocycles. The normalized spacial score (nSPS) is 24.5. The van der Waals surface area contributed by atoms with E-state index in [1.165, 1.54) is 38.5 Å². The lowest BCUT2D eigenvalue weighted by molar-refractivity contribution is 0.0929. The van der Waals surface area contributed by atoms with Gasteiger partial charge in [0, 0.05) is 4.57 Å². The van der Waals surface area contributed by atoms with Crippen molar-refractivity contribution in [1.82, 2.24) is 0 Å². The highest BCUT2D eigenvalue weighted by Crippen LogP contribution is 2.36. The second-order valence-corrected chi connectivity index (χ2v) is 5.82.